The number of halogens is 1. The van der Waals surface area contributed by atoms with E-state index in [0.29, 0.717) is 5.92 Å². The maximum absolute atomic E-state index is 3.61. The molecule has 0 aliphatic heterocycles. The number of hydrogen-bond donors (Lipinski definition) is 0. The van der Waals surface area contributed by atoms with Crippen molar-refractivity contribution in [3.8, 4) is 0 Å². The zero-order valence-electron chi connectivity index (χ0n) is 11.2. The van der Waals surface area contributed by atoms with Crippen LogP contribution in [0.15, 0.2) is 22.7 Å². The van der Waals surface area contributed by atoms with Crippen LogP contribution in [-0.4, -0.2) is 4.57 Å². The fourth-order valence-corrected chi connectivity index (χ4v) is 3.54. The van der Waals surface area contributed by atoms with Crippen LogP contribution in [0.5, 0.6) is 0 Å². The van der Waals surface area contributed by atoms with Crippen molar-refractivity contribution in [2.24, 2.45) is 5.92 Å². The number of aromatic nitrogens is 1. The fourth-order valence-electron chi connectivity index (χ4n) is 3.18. The lowest BCUT2D eigenvalue weighted by Crippen LogP contribution is -2.11. The summed E-state index contributed by atoms with van der Waals surface area (Å²) < 4.78 is 3.77. The topological polar surface area (TPSA) is 4.93 Å². The first-order chi connectivity index (χ1) is 8.66. The number of benzene rings is 1. The van der Waals surface area contributed by atoms with Gasteiger partial charge in [-0.1, -0.05) is 29.8 Å². The first-order valence-corrected chi connectivity index (χ1v) is 7.75. The van der Waals surface area contributed by atoms with E-state index in [1.165, 1.54) is 41.1 Å². The molecular weight excluding hydrogens is 286 g/mol. The zero-order valence-corrected chi connectivity index (χ0v) is 12.8. The Morgan fingerprint density at radius 3 is 2.78 bits per heavy atom. The SMILES string of the molecule is CC(C)Cn1c2c(c3cc(Br)ccc31)CCCC2. The normalized spacial score (nSPS) is 15.3. The maximum Gasteiger partial charge on any atom is 0.0486 e. The molecule has 0 saturated heterocycles. The van der Waals surface area contributed by atoms with Crippen molar-refractivity contribution in [1.82, 2.24) is 4.57 Å². The predicted octanol–water partition coefficient (Wildman–Crippen LogP) is 4.94. The fraction of sp³-hybridized carbons (Fsp3) is 0.500. The van der Waals surface area contributed by atoms with Crippen molar-refractivity contribution < 1.29 is 0 Å². The summed E-state index contributed by atoms with van der Waals surface area (Å²) in [7, 11) is 0. The minimum Gasteiger partial charge on any atom is -0.344 e. The van der Waals surface area contributed by atoms with E-state index in [9.17, 15) is 0 Å². The Kier molecular flexibility index (Phi) is 3.23. The van der Waals surface area contributed by atoms with Gasteiger partial charge in [0.2, 0.25) is 0 Å². The van der Waals surface area contributed by atoms with Crippen LogP contribution in [0.25, 0.3) is 10.9 Å². The van der Waals surface area contributed by atoms with Crippen LogP contribution >= 0.6 is 15.9 Å². The second-order valence-corrected chi connectivity index (χ2v) is 6.71. The minimum atomic E-state index is 0.704. The highest BCUT2D eigenvalue weighted by atomic mass is 79.9. The summed E-state index contributed by atoms with van der Waals surface area (Å²) in [4.78, 5) is 0. The molecule has 1 aliphatic rings. The quantitative estimate of drug-likeness (QED) is 0.740. The van der Waals surface area contributed by atoms with Gasteiger partial charge in [0.1, 0.15) is 0 Å². The van der Waals surface area contributed by atoms with Crippen molar-refractivity contribution in [1.29, 1.82) is 0 Å². The summed E-state index contributed by atoms with van der Waals surface area (Å²) in [5, 5.41) is 1.47. The van der Waals surface area contributed by atoms with E-state index >= 15 is 0 Å². The molecule has 0 atom stereocenters. The number of hydrogen-bond acceptors (Lipinski definition) is 0. The molecule has 1 heterocycles. The predicted molar refractivity (Wildman–Crippen MR) is 81.1 cm³/mol. The van der Waals surface area contributed by atoms with E-state index in [4.69, 9.17) is 0 Å². The van der Waals surface area contributed by atoms with Crippen LogP contribution < -0.4 is 0 Å². The van der Waals surface area contributed by atoms with Gasteiger partial charge in [0, 0.05) is 27.6 Å². The Morgan fingerprint density at radius 2 is 2.00 bits per heavy atom. The molecule has 0 unspecified atom stereocenters. The van der Waals surface area contributed by atoms with E-state index < -0.39 is 0 Å². The first kappa shape index (κ1) is 12.3. The molecule has 1 aromatic carbocycles. The van der Waals surface area contributed by atoms with Crippen molar-refractivity contribution >= 4 is 26.8 Å². The van der Waals surface area contributed by atoms with Crippen LogP contribution in [0.3, 0.4) is 0 Å². The molecule has 0 N–H and O–H groups in total. The van der Waals surface area contributed by atoms with E-state index in [-0.39, 0.29) is 0 Å². The summed E-state index contributed by atoms with van der Waals surface area (Å²) >= 11 is 3.61. The highest BCUT2D eigenvalue weighted by Crippen LogP contribution is 2.34. The molecule has 2 heteroatoms. The van der Waals surface area contributed by atoms with E-state index in [2.05, 4.69) is 52.5 Å². The van der Waals surface area contributed by atoms with Gasteiger partial charge >= 0.3 is 0 Å². The molecule has 3 rings (SSSR count). The lowest BCUT2D eigenvalue weighted by Gasteiger charge is -2.17. The monoisotopic (exact) mass is 305 g/mol. The van der Waals surface area contributed by atoms with Crippen molar-refractivity contribution in [3.05, 3.63) is 33.9 Å². The molecule has 0 radical (unpaired) electrons. The molecule has 0 saturated carbocycles. The molecule has 1 aromatic heterocycles. The van der Waals surface area contributed by atoms with Crippen LogP contribution in [-0.2, 0) is 19.4 Å². The minimum absolute atomic E-state index is 0.704. The number of rotatable bonds is 2. The Labute approximate surface area is 117 Å². The van der Waals surface area contributed by atoms with Gasteiger partial charge in [-0.15, -0.1) is 0 Å². The third-order valence-corrected chi connectivity index (χ3v) is 4.38. The summed E-state index contributed by atoms with van der Waals surface area (Å²) in [5.41, 5.74) is 4.64. The average molecular weight is 306 g/mol. The van der Waals surface area contributed by atoms with Crippen LogP contribution in [0.4, 0.5) is 0 Å². The first-order valence-electron chi connectivity index (χ1n) is 6.96. The van der Waals surface area contributed by atoms with Crippen molar-refractivity contribution in [3.63, 3.8) is 0 Å². The molecular formula is C16H20BrN. The Morgan fingerprint density at radius 1 is 1.22 bits per heavy atom. The highest BCUT2D eigenvalue weighted by Gasteiger charge is 2.20. The molecule has 0 bridgehead atoms. The summed E-state index contributed by atoms with van der Waals surface area (Å²) in [5.74, 6) is 0.704. The molecule has 1 nitrogen and oxygen atoms in total. The van der Waals surface area contributed by atoms with E-state index in [0.717, 1.165) is 6.54 Å². The average Bonchev–Trinajstić information content (AvgIpc) is 2.64. The second kappa shape index (κ2) is 4.73. The summed E-state index contributed by atoms with van der Waals surface area (Å²) in [6.45, 7) is 5.76. The van der Waals surface area contributed by atoms with Gasteiger partial charge in [-0.2, -0.15) is 0 Å². The standard InChI is InChI=1S/C16H20BrN/c1-11(2)10-18-15-6-4-3-5-13(15)14-9-12(17)7-8-16(14)18/h7-9,11H,3-6,10H2,1-2H3. The second-order valence-electron chi connectivity index (χ2n) is 5.80. The molecule has 2 aromatic rings. The Balaban J connectivity index is 2.25. The summed E-state index contributed by atoms with van der Waals surface area (Å²) in [6, 6.07) is 6.75. The highest BCUT2D eigenvalue weighted by molar-refractivity contribution is 9.10. The zero-order chi connectivity index (χ0) is 12.7. The lowest BCUT2D eigenvalue weighted by atomic mass is 9.95. The molecule has 96 valence electrons. The third kappa shape index (κ3) is 2.01. The van der Waals surface area contributed by atoms with E-state index in [1.54, 1.807) is 11.3 Å². The van der Waals surface area contributed by atoms with Gasteiger partial charge in [-0.25, -0.2) is 0 Å². The smallest absolute Gasteiger partial charge is 0.0486 e. The summed E-state index contributed by atoms with van der Waals surface area (Å²) in [6.07, 6.45) is 5.21. The van der Waals surface area contributed by atoms with Gasteiger partial charge in [0.05, 0.1) is 0 Å². The van der Waals surface area contributed by atoms with Crippen LogP contribution in [0, 0.1) is 5.92 Å². The Hall–Kier alpha value is -0.760. The number of fused-ring (bicyclic) bond motifs is 3. The van der Waals surface area contributed by atoms with Gasteiger partial charge < -0.3 is 4.57 Å². The molecule has 1 aliphatic carbocycles. The van der Waals surface area contributed by atoms with Crippen LogP contribution in [0.1, 0.15) is 37.9 Å². The maximum atomic E-state index is 3.61. The largest absolute Gasteiger partial charge is 0.344 e. The molecule has 0 spiro atoms. The lowest BCUT2D eigenvalue weighted by molar-refractivity contribution is 0.509. The molecule has 0 fully saturated rings. The van der Waals surface area contributed by atoms with E-state index in [1.807, 2.05) is 0 Å². The number of nitrogens with zero attached hydrogens (tertiary/aromatic N) is 1. The van der Waals surface area contributed by atoms with Gasteiger partial charge in [0.25, 0.3) is 0 Å². The van der Waals surface area contributed by atoms with Gasteiger partial charge in [-0.05, 0) is 55.4 Å². The molecule has 18 heavy (non-hydrogen) atoms. The van der Waals surface area contributed by atoms with Crippen molar-refractivity contribution in [2.75, 3.05) is 0 Å². The third-order valence-electron chi connectivity index (χ3n) is 3.89. The van der Waals surface area contributed by atoms with Crippen LogP contribution in [0.2, 0.25) is 0 Å². The Bertz CT molecular complexity index is 580. The van der Waals surface area contributed by atoms with Gasteiger partial charge in [-0.3, -0.25) is 0 Å². The van der Waals surface area contributed by atoms with Gasteiger partial charge in [0.15, 0.2) is 0 Å². The van der Waals surface area contributed by atoms with Crippen molar-refractivity contribution in [2.45, 2.75) is 46.1 Å². The number of aryl methyl sites for hydroxylation is 1. The molecule has 0 amide bonds.